The zero-order valence-corrected chi connectivity index (χ0v) is 12.7. The molecule has 1 aliphatic heterocycles. The van der Waals surface area contributed by atoms with Crippen LogP contribution < -0.4 is 4.90 Å². The van der Waals surface area contributed by atoms with Gasteiger partial charge in [-0.3, -0.25) is 0 Å². The van der Waals surface area contributed by atoms with E-state index in [1.54, 1.807) is 6.92 Å². The van der Waals surface area contributed by atoms with E-state index >= 15 is 0 Å². The lowest BCUT2D eigenvalue weighted by atomic mass is 9.97. The van der Waals surface area contributed by atoms with E-state index in [0.29, 0.717) is 43.3 Å². The quantitative estimate of drug-likeness (QED) is 0.825. The Morgan fingerprint density at radius 1 is 1.14 bits per heavy atom. The van der Waals surface area contributed by atoms with Crippen LogP contribution >= 0.6 is 0 Å². The summed E-state index contributed by atoms with van der Waals surface area (Å²) < 4.78 is 16.0. The standard InChI is InChI=1S/C13H19N5O3/c1-8-14-10(16-20-8)9-7-18(5-6-19-9)12-15-11(21-17-12)13(2,3)4/h9H,5-7H2,1-4H3/t9-/m0/s1. The van der Waals surface area contributed by atoms with Crippen LogP contribution in [-0.2, 0) is 10.2 Å². The molecule has 2 aromatic heterocycles. The van der Waals surface area contributed by atoms with Gasteiger partial charge in [0.05, 0.1) is 13.2 Å². The van der Waals surface area contributed by atoms with E-state index in [4.69, 9.17) is 13.8 Å². The second-order valence-electron chi connectivity index (χ2n) is 6.13. The van der Waals surface area contributed by atoms with E-state index in [9.17, 15) is 0 Å². The number of nitrogens with zero attached hydrogens (tertiary/aromatic N) is 5. The van der Waals surface area contributed by atoms with Crippen molar-refractivity contribution in [3.05, 3.63) is 17.6 Å². The summed E-state index contributed by atoms with van der Waals surface area (Å²) in [6.45, 7) is 9.69. The van der Waals surface area contributed by atoms with Gasteiger partial charge in [-0.25, -0.2) is 0 Å². The lowest BCUT2D eigenvalue weighted by molar-refractivity contribution is 0.0319. The molecule has 1 saturated heterocycles. The van der Waals surface area contributed by atoms with Crippen LogP contribution in [0.4, 0.5) is 5.95 Å². The Hall–Kier alpha value is -1.96. The Bertz CT molecular complexity index is 615. The van der Waals surface area contributed by atoms with E-state index in [2.05, 4.69) is 20.3 Å². The number of hydrogen-bond donors (Lipinski definition) is 0. The first-order valence-corrected chi connectivity index (χ1v) is 6.94. The third-order valence-electron chi connectivity index (χ3n) is 3.24. The molecule has 0 spiro atoms. The van der Waals surface area contributed by atoms with Crippen LogP contribution in [0.5, 0.6) is 0 Å². The summed E-state index contributed by atoms with van der Waals surface area (Å²) in [5.74, 6) is 2.28. The second kappa shape index (κ2) is 5.10. The van der Waals surface area contributed by atoms with Gasteiger partial charge in [-0.05, 0) is 5.16 Å². The summed E-state index contributed by atoms with van der Waals surface area (Å²) in [5.41, 5.74) is -0.165. The van der Waals surface area contributed by atoms with Gasteiger partial charge < -0.3 is 18.7 Å². The van der Waals surface area contributed by atoms with Crippen LogP contribution in [0.1, 0.15) is 44.5 Å². The van der Waals surface area contributed by atoms with Crippen molar-refractivity contribution in [2.45, 2.75) is 39.2 Å². The van der Waals surface area contributed by atoms with Crippen LogP contribution in [0.15, 0.2) is 9.05 Å². The highest BCUT2D eigenvalue weighted by molar-refractivity contribution is 5.30. The third kappa shape index (κ3) is 2.90. The van der Waals surface area contributed by atoms with Crippen molar-refractivity contribution < 1.29 is 13.8 Å². The molecule has 1 aliphatic rings. The number of morpholine rings is 1. The van der Waals surface area contributed by atoms with Gasteiger partial charge in [0.2, 0.25) is 17.6 Å². The molecule has 0 unspecified atom stereocenters. The summed E-state index contributed by atoms with van der Waals surface area (Å²) in [5, 5.41) is 7.97. The number of rotatable bonds is 2. The summed E-state index contributed by atoms with van der Waals surface area (Å²) >= 11 is 0. The summed E-state index contributed by atoms with van der Waals surface area (Å²) in [6.07, 6.45) is -0.243. The molecule has 3 rings (SSSR count). The molecule has 2 aromatic rings. The van der Waals surface area contributed by atoms with Crippen LogP contribution in [0.2, 0.25) is 0 Å². The number of ether oxygens (including phenoxy) is 1. The first kappa shape index (κ1) is 14.0. The van der Waals surface area contributed by atoms with Gasteiger partial charge in [-0.2, -0.15) is 9.97 Å². The Kier molecular flexibility index (Phi) is 3.40. The van der Waals surface area contributed by atoms with Crippen molar-refractivity contribution >= 4 is 5.95 Å². The maximum Gasteiger partial charge on any atom is 0.266 e. The van der Waals surface area contributed by atoms with Gasteiger partial charge in [0.1, 0.15) is 6.10 Å². The Morgan fingerprint density at radius 2 is 1.95 bits per heavy atom. The van der Waals surface area contributed by atoms with E-state index in [-0.39, 0.29) is 11.5 Å². The molecule has 3 heterocycles. The lowest BCUT2D eigenvalue weighted by Crippen LogP contribution is -2.39. The smallest absolute Gasteiger partial charge is 0.266 e. The van der Waals surface area contributed by atoms with E-state index in [1.807, 2.05) is 25.7 Å². The maximum absolute atomic E-state index is 5.69. The van der Waals surface area contributed by atoms with Gasteiger partial charge in [0.15, 0.2) is 0 Å². The summed E-state index contributed by atoms with van der Waals surface area (Å²) in [7, 11) is 0. The first-order valence-electron chi connectivity index (χ1n) is 6.94. The molecule has 0 saturated carbocycles. The molecular weight excluding hydrogens is 274 g/mol. The molecule has 8 heteroatoms. The molecular formula is C13H19N5O3. The van der Waals surface area contributed by atoms with E-state index < -0.39 is 0 Å². The fraction of sp³-hybridized carbons (Fsp3) is 0.692. The average molecular weight is 293 g/mol. The van der Waals surface area contributed by atoms with Gasteiger partial charge >= 0.3 is 0 Å². The van der Waals surface area contributed by atoms with Gasteiger partial charge in [0, 0.05) is 18.9 Å². The van der Waals surface area contributed by atoms with Crippen LogP contribution in [0, 0.1) is 6.92 Å². The van der Waals surface area contributed by atoms with Crippen LogP contribution in [-0.4, -0.2) is 40.0 Å². The molecule has 0 aromatic carbocycles. The Morgan fingerprint density at radius 3 is 2.57 bits per heavy atom. The number of aromatic nitrogens is 4. The molecule has 0 radical (unpaired) electrons. The molecule has 1 atom stereocenters. The molecule has 21 heavy (non-hydrogen) atoms. The largest absolute Gasteiger partial charge is 0.366 e. The topological polar surface area (TPSA) is 90.3 Å². The normalized spacial score (nSPS) is 20.0. The second-order valence-corrected chi connectivity index (χ2v) is 6.13. The van der Waals surface area contributed by atoms with Crippen molar-refractivity contribution in [2.24, 2.45) is 0 Å². The highest BCUT2D eigenvalue weighted by Gasteiger charge is 2.30. The monoisotopic (exact) mass is 293 g/mol. The molecule has 8 nitrogen and oxygen atoms in total. The molecule has 114 valence electrons. The Balaban J connectivity index is 1.75. The van der Waals surface area contributed by atoms with Crippen molar-refractivity contribution in [1.29, 1.82) is 0 Å². The summed E-state index contributed by atoms with van der Waals surface area (Å²) in [6, 6.07) is 0. The molecule has 0 aliphatic carbocycles. The SMILES string of the molecule is Cc1nc([C@@H]2CN(c3noc(C(C)(C)C)n3)CCO2)no1. The number of hydrogen-bond acceptors (Lipinski definition) is 8. The highest BCUT2D eigenvalue weighted by Crippen LogP contribution is 2.26. The predicted octanol–water partition coefficient (Wildman–Crippen LogP) is 1.64. The minimum Gasteiger partial charge on any atom is -0.366 e. The zero-order valence-electron chi connectivity index (χ0n) is 12.7. The molecule has 0 bridgehead atoms. The van der Waals surface area contributed by atoms with Crippen molar-refractivity contribution in [3.63, 3.8) is 0 Å². The lowest BCUT2D eigenvalue weighted by Gasteiger charge is -2.30. The number of aryl methyl sites for hydroxylation is 1. The predicted molar refractivity (Wildman–Crippen MR) is 72.9 cm³/mol. The fourth-order valence-corrected chi connectivity index (χ4v) is 2.08. The summed E-state index contributed by atoms with van der Waals surface area (Å²) in [4.78, 5) is 10.7. The average Bonchev–Trinajstić information content (AvgIpc) is 3.07. The maximum atomic E-state index is 5.69. The first-order chi connectivity index (χ1) is 9.93. The molecule has 0 N–H and O–H groups in total. The van der Waals surface area contributed by atoms with Crippen molar-refractivity contribution in [1.82, 2.24) is 20.3 Å². The highest BCUT2D eigenvalue weighted by atomic mass is 16.5. The van der Waals surface area contributed by atoms with Gasteiger partial charge in [0.25, 0.3) is 5.95 Å². The van der Waals surface area contributed by atoms with Crippen molar-refractivity contribution in [3.8, 4) is 0 Å². The van der Waals surface area contributed by atoms with Crippen LogP contribution in [0.3, 0.4) is 0 Å². The van der Waals surface area contributed by atoms with Crippen LogP contribution in [0.25, 0.3) is 0 Å². The zero-order chi connectivity index (χ0) is 15.0. The van der Waals surface area contributed by atoms with Crippen molar-refractivity contribution in [2.75, 3.05) is 24.6 Å². The third-order valence-corrected chi connectivity index (χ3v) is 3.24. The fourth-order valence-electron chi connectivity index (χ4n) is 2.08. The molecule has 1 fully saturated rings. The number of anilines is 1. The molecule has 0 amide bonds. The van der Waals surface area contributed by atoms with Gasteiger partial charge in [-0.1, -0.05) is 25.9 Å². The Labute approximate surface area is 122 Å². The van der Waals surface area contributed by atoms with Gasteiger partial charge in [-0.15, -0.1) is 0 Å². The minimum absolute atomic E-state index is 0.165. The minimum atomic E-state index is -0.243. The van der Waals surface area contributed by atoms with E-state index in [1.165, 1.54) is 0 Å². The van der Waals surface area contributed by atoms with E-state index in [0.717, 1.165) is 0 Å².